The molecule has 3 aliphatic rings. The molecule has 226 valence electrons. The van der Waals surface area contributed by atoms with Crippen LogP contribution in [0, 0.1) is 5.82 Å². The van der Waals surface area contributed by atoms with E-state index in [4.69, 9.17) is 33.2 Å². The number of rotatable bonds is 9. The predicted octanol–water partition coefficient (Wildman–Crippen LogP) is 3.97. The molecule has 0 amide bonds. The normalized spacial score (nSPS) is 27.2. The molecule has 0 saturated carbocycles. The van der Waals surface area contributed by atoms with Crippen molar-refractivity contribution in [1.29, 1.82) is 0 Å². The lowest BCUT2D eigenvalue weighted by atomic mass is 9.79. The number of pyridine rings is 1. The molecule has 1 aromatic carbocycles. The van der Waals surface area contributed by atoms with Gasteiger partial charge in [0.05, 0.1) is 36.0 Å². The lowest BCUT2D eigenvalue weighted by Gasteiger charge is -2.21. The van der Waals surface area contributed by atoms with Crippen molar-refractivity contribution in [3.8, 4) is 17.1 Å². The van der Waals surface area contributed by atoms with Crippen LogP contribution in [0.1, 0.15) is 20.8 Å². The molecule has 3 saturated heterocycles. The van der Waals surface area contributed by atoms with E-state index in [9.17, 15) is 5.11 Å². The molecule has 3 aliphatic heterocycles. The molecule has 9 nitrogen and oxygen atoms in total. The molecule has 1 N–H and O–H groups in total. The average molecular weight is 599 g/mol. The molecule has 3 fully saturated rings. The average Bonchev–Trinajstić information content (AvgIpc) is 3.66. The second-order valence-corrected chi connectivity index (χ2v) is 18.9. The summed E-state index contributed by atoms with van der Waals surface area (Å²) < 4.78 is 53.4. The first kappa shape index (κ1) is 29.7. The molecule has 3 aromatic rings. The molecule has 5 heterocycles. The van der Waals surface area contributed by atoms with Crippen LogP contribution >= 0.6 is 0 Å². The number of ether oxygens (including phenoxy) is 4. The van der Waals surface area contributed by atoms with Gasteiger partial charge in [-0.2, -0.15) is 0 Å². The summed E-state index contributed by atoms with van der Waals surface area (Å²) in [6.07, 6.45) is -1.93. The maximum atomic E-state index is 15.6. The monoisotopic (exact) mass is 598 g/mol. The quantitative estimate of drug-likeness (QED) is 0.292. The first-order valence-corrected chi connectivity index (χ1v) is 18.4. The van der Waals surface area contributed by atoms with Gasteiger partial charge in [-0.05, 0) is 32.3 Å². The van der Waals surface area contributed by atoms with Gasteiger partial charge in [0.25, 0.3) is 0 Å². The van der Waals surface area contributed by atoms with Crippen molar-refractivity contribution in [2.45, 2.75) is 89.3 Å². The number of benzene rings is 1. The molecule has 0 spiro atoms. The molecular weight excluding hydrogens is 558 g/mol. The highest BCUT2D eigenvalue weighted by molar-refractivity contribution is 6.76. The summed E-state index contributed by atoms with van der Waals surface area (Å²) in [5.41, 5.74) is 2.52. The molecule has 0 aliphatic carbocycles. The van der Waals surface area contributed by atoms with Crippen molar-refractivity contribution in [3.63, 3.8) is 0 Å². The Morgan fingerprint density at radius 3 is 2.55 bits per heavy atom. The number of aliphatic hydroxyl groups is 1. The van der Waals surface area contributed by atoms with Crippen LogP contribution in [0.25, 0.3) is 22.3 Å². The van der Waals surface area contributed by atoms with Gasteiger partial charge < -0.3 is 33.4 Å². The highest BCUT2D eigenvalue weighted by Gasteiger charge is 2.49. The van der Waals surface area contributed by atoms with Crippen LogP contribution in [0.3, 0.4) is 0 Å². The fraction of sp³-hybridized carbons (Fsp3) is 0.567. The molecule has 42 heavy (non-hydrogen) atoms. The summed E-state index contributed by atoms with van der Waals surface area (Å²) in [6.45, 7) is 14.2. The number of aliphatic hydroxyl groups excluding tert-OH is 1. The Balaban J connectivity index is 1.27. The lowest BCUT2D eigenvalue weighted by Crippen LogP contribution is -2.35. The van der Waals surface area contributed by atoms with Gasteiger partial charge in [0.15, 0.2) is 17.8 Å². The van der Waals surface area contributed by atoms with Gasteiger partial charge in [0, 0.05) is 32.4 Å². The minimum Gasteiger partial charge on any atom is -0.470 e. The van der Waals surface area contributed by atoms with E-state index in [-0.39, 0.29) is 43.4 Å². The number of hydrogen-bond donors (Lipinski definition) is 1. The molecule has 6 rings (SSSR count). The summed E-state index contributed by atoms with van der Waals surface area (Å²) in [7, 11) is -1.75. The first-order valence-electron chi connectivity index (χ1n) is 14.7. The Hall–Kier alpha value is -2.32. The topological polar surface area (TPSA) is 93.4 Å². The Bertz CT molecular complexity index is 1430. The lowest BCUT2D eigenvalue weighted by molar-refractivity contribution is 0.00479. The number of fused-ring (bicyclic) bond motifs is 2. The molecular formula is C30H40BFN2O7Si. The van der Waals surface area contributed by atoms with Gasteiger partial charge >= 0.3 is 7.12 Å². The zero-order valence-electron chi connectivity index (χ0n) is 25.1. The molecule has 5 atom stereocenters. The highest BCUT2D eigenvalue weighted by atomic mass is 28.3. The van der Waals surface area contributed by atoms with Crippen molar-refractivity contribution in [1.82, 2.24) is 9.55 Å². The van der Waals surface area contributed by atoms with Crippen LogP contribution < -0.4 is 10.2 Å². The van der Waals surface area contributed by atoms with Crippen molar-refractivity contribution >= 4 is 31.7 Å². The van der Waals surface area contributed by atoms with E-state index in [1.54, 1.807) is 10.6 Å². The Kier molecular flexibility index (Phi) is 8.01. The summed E-state index contributed by atoms with van der Waals surface area (Å²) >= 11 is 0. The smallest absolute Gasteiger partial charge is 0.470 e. The van der Waals surface area contributed by atoms with Gasteiger partial charge in [-0.15, -0.1) is 0 Å². The van der Waals surface area contributed by atoms with Gasteiger partial charge in [0.2, 0.25) is 0 Å². The summed E-state index contributed by atoms with van der Waals surface area (Å²) in [5, 5.41) is 10.2. The Morgan fingerprint density at radius 1 is 1.12 bits per heavy atom. The molecule has 12 heteroatoms. The van der Waals surface area contributed by atoms with Crippen molar-refractivity contribution in [2.75, 3.05) is 19.8 Å². The second-order valence-electron chi connectivity index (χ2n) is 13.3. The number of halogens is 1. The van der Waals surface area contributed by atoms with E-state index in [1.165, 1.54) is 6.07 Å². The third-order valence-corrected chi connectivity index (χ3v) is 10.2. The maximum Gasteiger partial charge on any atom is 0.494 e. The second kappa shape index (κ2) is 11.3. The van der Waals surface area contributed by atoms with Crippen molar-refractivity contribution in [3.05, 3.63) is 42.2 Å². The van der Waals surface area contributed by atoms with E-state index < -0.39 is 39.3 Å². The summed E-state index contributed by atoms with van der Waals surface area (Å²) in [6, 6.07) is 11.7. The number of hydrogen-bond acceptors (Lipinski definition) is 8. The molecule has 0 radical (unpaired) electrons. The van der Waals surface area contributed by atoms with E-state index in [0.717, 1.165) is 11.5 Å². The third-order valence-electron chi connectivity index (χ3n) is 8.45. The van der Waals surface area contributed by atoms with Crippen LogP contribution in [0.4, 0.5) is 4.39 Å². The number of aromatic nitrogens is 2. The molecule has 0 bridgehead atoms. The zero-order valence-corrected chi connectivity index (χ0v) is 26.1. The fourth-order valence-electron chi connectivity index (χ4n) is 5.49. The van der Waals surface area contributed by atoms with Crippen LogP contribution in [0.2, 0.25) is 25.7 Å². The summed E-state index contributed by atoms with van der Waals surface area (Å²) in [4.78, 5) is 4.72. The van der Waals surface area contributed by atoms with E-state index in [0.29, 0.717) is 29.1 Å². The van der Waals surface area contributed by atoms with E-state index in [1.807, 2.05) is 45.0 Å². The third kappa shape index (κ3) is 5.90. The number of nitrogens with zero attached hydrogens (tertiary/aromatic N) is 2. The van der Waals surface area contributed by atoms with Crippen LogP contribution in [-0.2, 0) is 30.3 Å². The SMILES string of the molecule is CC1OB(c2ccc(-c3nc4cc(O[C@@H]5CO[C@H]6[C@@H]5OC[C@H]6O)n(COCC[Si](C)(C)C)c4cc3F)cc2)OC1(C)C. The summed E-state index contributed by atoms with van der Waals surface area (Å²) in [5.74, 6) is 0.0433. The standard InChI is InChI=1S/C30H40BFN2O7Si/c1-18-30(2,3)41-31(40-18)20-9-7-19(8-10-20)27-21(32)13-23-22(33-27)14-26(34(23)17-36-11-12-42(4,5)6)39-25-16-38-28-24(35)15-37-29(25)28/h7-10,13-14,18,24-25,28-29,35H,11-12,15-17H2,1-6H3/t18?,24-,25-,28-,29-/m1/s1. The van der Waals surface area contributed by atoms with Gasteiger partial charge in [-0.3, -0.25) is 4.57 Å². The van der Waals surface area contributed by atoms with E-state index >= 15 is 4.39 Å². The Labute approximate surface area is 247 Å². The molecule has 1 unspecified atom stereocenters. The maximum absolute atomic E-state index is 15.6. The zero-order chi connectivity index (χ0) is 29.8. The van der Waals surface area contributed by atoms with Gasteiger partial charge in [-0.25, -0.2) is 9.37 Å². The fourth-order valence-corrected chi connectivity index (χ4v) is 6.25. The predicted molar refractivity (Wildman–Crippen MR) is 160 cm³/mol. The minimum absolute atomic E-state index is 0.0457. The Morgan fingerprint density at radius 2 is 1.86 bits per heavy atom. The van der Waals surface area contributed by atoms with Crippen LogP contribution in [0.5, 0.6) is 5.88 Å². The van der Waals surface area contributed by atoms with Gasteiger partial charge in [-0.1, -0.05) is 43.9 Å². The first-order chi connectivity index (χ1) is 19.9. The van der Waals surface area contributed by atoms with Crippen LogP contribution in [0.15, 0.2) is 36.4 Å². The minimum atomic E-state index is -1.29. The molecule has 2 aromatic heterocycles. The van der Waals surface area contributed by atoms with Crippen LogP contribution in [-0.4, -0.2) is 85.8 Å². The highest BCUT2D eigenvalue weighted by Crippen LogP contribution is 2.34. The largest absolute Gasteiger partial charge is 0.494 e. The van der Waals surface area contributed by atoms with Crippen molar-refractivity contribution in [2.24, 2.45) is 0 Å². The van der Waals surface area contributed by atoms with E-state index in [2.05, 4.69) is 19.6 Å². The van der Waals surface area contributed by atoms with Crippen molar-refractivity contribution < 1.29 is 37.8 Å². The van der Waals surface area contributed by atoms with Gasteiger partial charge in [0.1, 0.15) is 30.7 Å².